The Morgan fingerprint density at radius 2 is 2.00 bits per heavy atom. The minimum atomic E-state index is -0.149. The van der Waals surface area contributed by atoms with Crippen molar-refractivity contribution in [1.82, 2.24) is 10.4 Å². The summed E-state index contributed by atoms with van der Waals surface area (Å²) in [5.41, 5.74) is 5.35. The largest absolute Gasteiger partial charge is 0.272 e. The Bertz CT molecular complexity index is 873. The molecule has 0 bridgehead atoms. The number of para-hydroxylation sites is 1. The minimum Gasteiger partial charge on any atom is -0.272 e. The van der Waals surface area contributed by atoms with Crippen LogP contribution >= 0.6 is 34.7 Å². The van der Waals surface area contributed by atoms with Gasteiger partial charge in [-0.15, -0.1) is 11.3 Å². The molecule has 0 atom stereocenters. The Morgan fingerprint density at radius 3 is 2.72 bits per heavy atom. The number of nitrogens with one attached hydrogen (secondary N) is 1. The van der Waals surface area contributed by atoms with E-state index in [9.17, 15) is 4.79 Å². The molecule has 0 aliphatic carbocycles. The molecular formula is C18H16ClN3OS2. The number of rotatable bonds is 6. The van der Waals surface area contributed by atoms with Crippen LogP contribution in [0.3, 0.4) is 0 Å². The standard InChI is InChI=1S/C18H16ClN3OS2/c1-2-14(12-7-9-13(19)10-8-12)21-22-17(23)11-24-18-20-15-5-3-4-6-16(15)25-18/h3-10H,2,11H2,1H3,(H,22,23)/b21-14+. The Balaban J connectivity index is 1.58. The summed E-state index contributed by atoms with van der Waals surface area (Å²) < 4.78 is 2.01. The van der Waals surface area contributed by atoms with Crippen molar-refractivity contribution >= 4 is 56.5 Å². The van der Waals surface area contributed by atoms with Gasteiger partial charge in [-0.25, -0.2) is 10.4 Å². The predicted molar refractivity (Wildman–Crippen MR) is 107 cm³/mol. The van der Waals surface area contributed by atoms with Crippen molar-refractivity contribution in [2.75, 3.05) is 5.75 Å². The molecule has 7 heteroatoms. The molecule has 0 radical (unpaired) electrons. The van der Waals surface area contributed by atoms with Crippen molar-refractivity contribution in [3.63, 3.8) is 0 Å². The highest BCUT2D eigenvalue weighted by atomic mass is 35.5. The molecule has 0 aliphatic heterocycles. The van der Waals surface area contributed by atoms with Gasteiger partial charge >= 0.3 is 0 Å². The lowest BCUT2D eigenvalue weighted by atomic mass is 10.1. The Hall–Kier alpha value is -1.89. The molecule has 3 rings (SSSR count). The van der Waals surface area contributed by atoms with Gasteiger partial charge in [0.2, 0.25) is 0 Å². The van der Waals surface area contributed by atoms with Gasteiger partial charge in [0.15, 0.2) is 4.34 Å². The predicted octanol–water partition coefficient (Wildman–Crippen LogP) is 4.97. The number of hydrazone groups is 1. The van der Waals surface area contributed by atoms with Crippen molar-refractivity contribution in [2.45, 2.75) is 17.7 Å². The molecule has 0 saturated heterocycles. The van der Waals surface area contributed by atoms with Gasteiger partial charge in [0.1, 0.15) is 0 Å². The number of fused-ring (bicyclic) bond motifs is 1. The zero-order valence-corrected chi connectivity index (χ0v) is 15.9. The average molecular weight is 390 g/mol. The molecule has 0 spiro atoms. The first-order chi connectivity index (χ1) is 12.2. The Labute approximate surface area is 159 Å². The van der Waals surface area contributed by atoms with Crippen molar-refractivity contribution in [2.24, 2.45) is 5.10 Å². The molecular weight excluding hydrogens is 374 g/mol. The van der Waals surface area contributed by atoms with Gasteiger partial charge in [-0.1, -0.05) is 54.6 Å². The third kappa shape index (κ3) is 4.81. The molecule has 3 aromatic rings. The van der Waals surface area contributed by atoms with Crippen molar-refractivity contribution in [1.29, 1.82) is 0 Å². The van der Waals surface area contributed by atoms with Gasteiger partial charge in [0.25, 0.3) is 5.91 Å². The summed E-state index contributed by atoms with van der Waals surface area (Å²) in [7, 11) is 0. The molecule has 2 aromatic carbocycles. The maximum atomic E-state index is 12.1. The fourth-order valence-electron chi connectivity index (χ4n) is 2.19. The van der Waals surface area contributed by atoms with E-state index in [1.807, 2.05) is 55.5 Å². The molecule has 1 aromatic heterocycles. The zero-order chi connectivity index (χ0) is 17.6. The molecule has 128 valence electrons. The number of thioether (sulfide) groups is 1. The molecule has 0 fully saturated rings. The van der Waals surface area contributed by atoms with E-state index in [1.54, 1.807) is 11.3 Å². The second-order valence-electron chi connectivity index (χ2n) is 5.19. The van der Waals surface area contributed by atoms with E-state index < -0.39 is 0 Å². The number of halogens is 1. The van der Waals surface area contributed by atoms with Crippen molar-refractivity contribution in [3.8, 4) is 0 Å². The first-order valence-corrected chi connectivity index (χ1v) is 9.93. The highest BCUT2D eigenvalue weighted by Crippen LogP contribution is 2.29. The van der Waals surface area contributed by atoms with E-state index in [1.165, 1.54) is 11.8 Å². The molecule has 25 heavy (non-hydrogen) atoms. The highest BCUT2D eigenvalue weighted by Gasteiger charge is 2.08. The molecule has 0 unspecified atom stereocenters. The quantitative estimate of drug-likeness (QED) is 0.367. The third-order valence-electron chi connectivity index (χ3n) is 3.43. The van der Waals surface area contributed by atoms with E-state index in [4.69, 9.17) is 11.6 Å². The summed E-state index contributed by atoms with van der Waals surface area (Å²) in [5.74, 6) is 0.130. The number of nitrogens with zero attached hydrogens (tertiary/aromatic N) is 2. The molecule has 1 heterocycles. The van der Waals surface area contributed by atoms with Crippen LogP contribution < -0.4 is 5.43 Å². The molecule has 0 aliphatic rings. The summed E-state index contributed by atoms with van der Waals surface area (Å²) >= 11 is 8.91. The summed E-state index contributed by atoms with van der Waals surface area (Å²) in [6, 6.07) is 15.4. The van der Waals surface area contributed by atoms with E-state index in [2.05, 4.69) is 15.5 Å². The van der Waals surface area contributed by atoms with Crippen LogP contribution in [0.4, 0.5) is 0 Å². The van der Waals surface area contributed by atoms with Crippen LogP contribution in [0.25, 0.3) is 10.2 Å². The summed E-state index contributed by atoms with van der Waals surface area (Å²) in [6.45, 7) is 2.00. The number of thiazole rings is 1. The fourth-order valence-corrected chi connectivity index (χ4v) is 4.18. The SMILES string of the molecule is CC/C(=N\NC(=O)CSc1nc2ccccc2s1)c1ccc(Cl)cc1. The van der Waals surface area contributed by atoms with E-state index in [-0.39, 0.29) is 11.7 Å². The first-order valence-electron chi connectivity index (χ1n) is 7.75. The lowest BCUT2D eigenvalue weighted by Crippen LogP contribution is -2.21. The second kappa shape index (κ2) is 8.47. The summed E-state index contributed by atoms with van der Waals surface area (Å²) in [4.78, 5) is 16.6. The number of hydrogen-bond acceptors (Lipinski definition) is 5. The van der Waals surface area contributed by atoms with E-state index in [0.717, 1.165) is 25.8 Å². The van der Waals surface area contributed by atoms with Gasteiger partial charge in [0, 0.05) is 5.02 Å². The third-order valence-corrected chi connectivity index (χ3v) is 5.86. The zero-order valence-electron chi connectivity index (χ0n) is 13.5. The number of hydrogen-bond donors (Lipinski definition) is 1. The molecule has 1 amide bonds. The Morgan fingerprint density at radius 1 is 1.24 bits per heavy atom. The lowest BCUT2D eigenvalue weighted by molar-refractivity contribution is -0.118. The number of carbonyl (C=O) groups excluding carboxylic acids is 1. The van der Waals surface area contributed by atoms with Crippen LogP contribution in [0.15, 0.2) is 58.0 Å². The fraction of sp³-hybridized carbons (Fsp3) is 0.167. The van der Waals surface area contributed by atoms with Gasteiger partial charge in [0.05, 0.1) is 21.7 Å². The topological polar surface area (TPSA) is 54.4 Å². The van der Waals surface area contributed by atoms with Crippen LogP contribution in [-0.2, 0) is 4.79 Å². The van der Waals surface area contributed by atoms with Crippen LogP contribution in [0.1, 0.15) is 18.9 Å². The van der Waals surface area contributed by atoms with Crippen LogP contribution in [0.5, 0.6) is 0 Å². The van der Waals surface area contributed by atoms with Gasteiger partial charge in [-0.3, -0.25) is 4.79 Å². The maximum absolute atomic E-state index is 12.1. The van der Waals surface area contributed by atoms with E-state index >= 15 is 0 Å². The van der Waals surface area contributed by atoms with Crippen LogP contribution in [0, 0.1) is 0 Å². The van der Waals surface area contributed by atoms with E-state index in [0.29, 0.717) is 11.4 Å². The summed E-state index contributed by atoms with van der Waals surface area (Å²) in [5, 5.41) is 4.92. The smallest absolute Gasteiger partial charge is 0.250 e. The first kappa shape index (κ1) is 17.9. The normalized spacial score (nSPS) is 11.7. The number of benzene rings is 2. The van der Waals surface area contributed by atoms with Crippen LogP contribution in [0.2, 0.25) is 5.02 Å². The molecule has 0 saturated carbocycles. The lowest BCUT2D eigenvalue weighted by Gasteiger charge is -2.05. The highest BCUT2D eigenvalue weighted by molar-refractivity contribution is 8.01. The monoisotopic (exact) mass is 389 g/mol. The maximum Gasteiger partial charge on any atom is 0.250 e. The average Bonchev–Trinajstić information content (AvgIpc) is 3.05. The second-order valence-corrected chi connectivity index (χ2v) is 7.88. The summed E-state index contributed by atoms with van der Waals surface area (Å²) in [6.07, 6.45) is 0.715. The number of aromatic nitrogens is 1. The van der Waals surface area contributed by atoms with Crippen molar-refractivity contribution in [3.05, 3.63) is 59.1 Å². The molecule has 1 N–H and O–H groups in total. The van der Waals surface area contributed by atoms with Crippen molar-refractivity contribution < 1.29 is 4.79 Å². The van der Waals surface area contributed by atoms with Gasteiger partial charge in [-0.05, 0) is 36.2 Å². The molecule has 4 nitrogen and oxygen atoms in total. The minimum absolute atomic E-state index is 0.149. The number of carbonyl (C=O) groups is 1. The number of amides is 1. The Kier molecular flexibility index (Phi) is 6.07. The van der Waals surface area contributed by atoms with Gasteiger partial charge in [-0.2, -0.15) is 5.10 Å². The van der Waals surface area contributed by atoms with Crippen LogP contribution in [-0.4, -0.2) is 22.4 Å². The van der Waals surface area contributed by atoms with Gasteiger partial charge < -0.3 is 0 Å².